The van der Waals surface area contributed by atoms with E-state index < -0.39 is 12.1 Å². The van der Waals surface area contributed by atoms with Crippen molar-refractivity contribution in [3.63, 3.8) is 0 Å². The molecule has 112 valence electrons. The monoisotopic (exact) mass is 412 g/mol. The van der Waals surface area contributed by atoms with Crippen molar-refractivity contribution in [1.82, 2.24) is 0 Å². The number of hydrogen-bond acceptors (Lipinski definition) is 0. The summed E-state index contributed by atoms with van der Waals surface area (Å²) in [5, 5.41) is 0. The van der Waals surface area contributed by atoms with Gasteiger partial charge in [0.1, 0.15) is 0 Å². The maximum atomic E-state index is 13.1. The summed E-state index contributed by atoms with van der Waals surface area (Å²) in [7, 11) is 0. The third-order valence-corrected chi connectivity index (χ3v) is 5.58. The maximum Gasteiger partial charge on any atom is 0.392 e. The lowest BCUT2D eigenvalue weighted by atomic mass is 9.76. The first kappa shape index (κ1) is 16.3. The Balaban J connectivity index is 2.06. The van der Waals surface area contributed by atoms with Crippen molar-refractivity contribution in [1.29, 1.82) is 0 Å². The number of rotatable bonds is 3. The second-order valence-electron chi connectivity index (χ2n) is 5.44. The third-order valence-electron chi connectivity index (χ3n) is 4.05. The molecule has 0 bridgehead atoms. The molecular formula is C15H17Br2F3. The van der Waals surface area contributed by atoms with Gasteiger partial charge in [-0.05, 0) is 42.9 Å². The predicted octanol–water partition coefficient (Wildman–Crippen LogP) is 6.12. The van der Waals surface area contributed by atoms with Crippen molar-refractivity contribution in [2.24, 2.45) is 11.8 Å². The Hall–Kier alpha value is -0.0300. The van der Waals surface area contributed by atoms with E-state index in [2.05, 4.69) is 31.9 Å². The van der Waals surface area contributed by atoms with Crippen LogP contribution in [0.4, 0.5) is 13.2 Å². The van der Waals surface area contributed by atoms with Gasteiger partial charge >= 0.3 is 6.18 Å². The second kappa shape index (κ2) is 6.82. The molecule has 1 aromatic carbocycles. The van der Waals surface area contributed by atoms with Crippen LogP contribution in [0.5, 0.6) is 0 Å². The lowest BCUT2D eigenvalue weighted by molar-refractivity contribution is -0.196. The lowest BCUT2D eigenvalue weighted by Gasteiger charge is -2.36. The Labute approximate surface area is 134 Å². The molecule has 1 fully saturated rings. The molecule has 5 heteroatoms. The molecule has 1 aliphatic rings. The number of hydrogen-bond donors (Lipinski definition) is 0. The van der Waals surface area contributed by atoms with E-state index >= 15 is 0 Å². The average molecular weight is 414 g/mol. The summed E-state index contributed by atoms with van der Waals surface area (Å²) in [6.45, 7) is 0. The van der Waals surface area contributed by atoms with E-state index in [1.165, 1.54) is 0 Å². The van der Waals surface area contributed by atoms with Crippen LogP contribution in [0.25, 0.3) is 0 Å². The van der Waals surface area contributed by atoms with Gasteiger partial charge in [-0.3, -0.25) is 0 Å². The maximum absolute atomic E-state index is 13.1. The Morgan fingerprint density at radius 3 is 2.30 bits per heavy atom. The van der Waals surface area contributed by atoms with Crippen LogP contribution in [0.2, 0.25) is 0 Å². The zero-order valence-electron chi connectivity index (χ0n) is 11.0. The Bertz CT molecular complexity index is 428. The van der Waals surface area contributed by atoms with Gasteiger partial charge in [0, 0.05) is 9.30 Å². The fraction of sp³-hybridized carbons (Fsp3) is 0.600. The van der Waals surface area contributed by atoms with Crippen LogP contribution in [0, 0.1) is 11.8 Å². The summed E-state index contributed by atoms with van der Waals surface area (Å²) < 4.78 is 40.3. The van der Waals surface area contributed by atoms with Crippen molar-refractivity contribution in [3.05, 3.63) is 34.3 Å². The Kier molecular flexibility index (Phi) is 5.57. The highest BCUT2D eigenvalue weighted by Crippen LogP contribution is 2.45. The number of halogens is 5. The number of alkyl halides is 4. The lowest BCUT2D eigenvalue weighted by Crippen LogP contribution is -2.38. The zero-order chi connectivity index (χ0) is 14.8. The molecule has 2 rings (SSSR count). The fourth-order valence-electron chi connectivity index (χ4n) is 3.00. The molecule has 1 saturated carbocycles. The van der Waals surface area contributed by atoms with Crippen LogP contribution in [0.15, 0.2) is 28.7 Å². The molecule has 0 amide bonds. The van der Waals surface area contributed by atoms with Crippen LogP contribution in [0.3, 0.4) is 0 Å². The topological polar surface area (TPSA) is 0 Å². The molecule has 0 heterocycles. The van der Waals surface area contributed by atoms with Gasteiger partial charge in [0.05, 0.1) is 5.92 Å². The first-order valence-corrected chi connectivity index (χ1v) is 8.54. The van der Waals surface area contributed by atoms with Gasteiger partial charge in [-0.2, -0.15) is 13.2 Å². The van der Waals surface area contributed by atoms with E-state index in [9.17, 15) is 13.2 Å². The molecule has 3 unspecified atom stereocenters. The van der Waals surface area contributed by atoms with Crippen molar-refractivity contribution in [2.45, 2.75) is 43.1 Å². The van der Waals surface area contributed by atoms with E-state index in [1.54, 1.807) is 0 Å². The first-order valence-electron chi connectivity index (χ1n) is 6.83. The van der Waals surface area contributed by atoms with Gasteiger partial charge in [-0.15, -0.1) is 0 Å². The molecule has 0 nitrogen and oxygen atoms in total. The predicted molar refractivity (Wildman–Crippen MR) is 82.1 cm³/mol. The van der Waals surface area contributed by atoms with Gasteiger partial charge in [0.25, 0.3) is 0 Å². The molecule has 1 aromatic rings. The van der Waals surface area contributed by atoms with Gasteiger partial charge in [0.15, 0.2) is 0 Å². The normalized spacial score (nSPS) is 25.4. The highest BCUT2D eigenvalue weighted by molar-refractivity contribution is 9.10. The van der Waals surface area contributed by atoms with Crippen molar-refractivity contribution >= 4 is 31.9 Å². The summed E-state index contributed by atoms with van der Waals surface area (Å²) in [5.74, 6) is -1.47. The summed E-state index contributed by atoms with van der Waals surface area (Å²) >= 11 is 6.88. The van der Waals surface area contributed by atoms with Crippen LogP contribution < -0.4 is 0 Å². The number of benzene rings is 1. The minimum atomic E-state index is -4.07. The second-order valence-corrected chi connectivity index (χ2v) is 7.53. The Morgan fingerprint density at radius 2 is 1.70 bits per heavy atom. The van der Waals surface area contributed by atoms with Crippen molar-refractivity contribution in [3.8, 4) is 0 Å². The quantitative estimate of drug-likeness (QED) is 0.523. The molecule has 20 heavy (non-hydrogen) atoms. The zero-order valence-corrected chi connectivity index (χ0v) is 14.1. The molecule has 0 radical (unpaired) electrons. The van der Waals surface area contributed by atoms with Gasteiger partial charge < -0.3 is 0 Å². The smallest absolute Gasteiger partial charge is 0.171 e. The van der Waals surface area contributed by atoms with E-state index in [4.69, 9.17) is 0 Å². The molecule has 3 atom stereocenters. The summed E-state index contributed by atoms with van der Waals surface area (Å²) in [6.07, 6.45) is -0.896. The molecule has 0 aliphatic heterocycles. The van der Waals surface area contributed by atoms with E-state index in [-0.39, 0.29) is 17.2 Å². The van der Waals surface area contributed by atoms with E-state index in [0.717, 1.165) is 16.5 Å². The summed E-state index contributed by atoms with van der Waals surface area (Å²) in [5.41, 5.74) is 1.07. The highest BCUT2D eigenvalue weighted by Gasteiger charge is 2.47. The minimum absolute atomic E-state index is 0.115. The van der Waals surface area contributed by atoms with E-state index in [0.29, 0.717) is 19.3 Å². The molecule has 0 spiro atoms. The third kappa shape index (κ3) is 4.23. The fourth-order valence-corrected chi connectivity index (χ4v) is 4.27. The SMILES string of the molecule is FC(F)(F)C1CCCCC1C(Br)Cc1ccc(Br)cc1. The molecule has 1 aliphatic carbocycles. The highest BCUT2D eigenvalue weighted by atomic mass is 79.9. The average Bonchev–Trinajstić information content (AvgIpc) is 2.40. The Morgan fingerprint density at radius 1 is 1.10 bits per heavy atom. The van der Waals surface area contributed by atoms with Crippen LogP contribution in [0.1, 0.15) is 31.2 Å². The van der Waals surface area contributed by atoms with Crippen LogP contribution in [-0.4, -0.2) is 11.0 Å². The van der Waals surface area contributed by atoms with Gasteiger partial charge in [-0.1, -0.05) is 56.8 Å². The molecule has 0 aromatic heterocycles. The van der Waals surface area contributed by atoms with Crippen molar-refractivity contribution in [2.75, 3.05) is 0 Å². The standard InChI is InChI=1S/C15H17Br2F3/c16-11-7-5-10(6-8-11)9-14(17)12-3-1-2-4-13(12)15(18,19)20/h5-8,12-14H,1-4,9H2. The summed E-state index contributed by atoms with van der Waals surface area (Å²) in [4.78, 5) is -0.115. The van der Waals surface area contributed by atoms with Crippen LogP contribution in [-0.2, 0) is 6.42 Å². The minimum Gasteiger partial charge on any atom is -0.171 e. The molecule has 0 saturated heterocycles. The van der Waals surface area contributed by atoms with Gasteiger partial charge in [-0.25, -0.2) is 0 Å². The van der Waals surface area contributed by atoms with E-state index in [1.807, 2.05) is 24.3 Å². The van der Waals surface area contributed by atoms with Gasteiger partial charge in [0.2, 0.25) is 0 Å². The van der Waals surface area contributed by atoms with Crippen LogP contribution >= 0.6 is 31.9 Å². The first-order chi connectivity index (χ1) is 9.38. The largest absolute Gasteiger partial charge is 0.392 e. The van der Waals surface area contributed by atoms with Crippen molar-refractivity contribution < 1.29 is 13.2 Å². The summed E-state index contributed by atoms with van der Waals surface area (Å²) in [6, 6.07) is 7.78. The molecule has 0 N–H and O–H groups in total. The molecular weight excluding hydrogens is 397 g/mol.